The fourth-order valence-electron chi connectivity index (χ4n) is 4.01. The van der Waals surface area contributed by atoms with Gasteiger partial charge in [0.15, 0.2) is 5.82 Å². The van der Waals surface area contributed by atoms with Gasteiger partial charge in [0.1, 0.15) is 6.61 Å². The Kier molecular flexibility index (Phi) is 7.47. The van der Waals surface area contributed by atoms with Crippen LogP contribution in [0.1, 0.15) is 21.5 Å². The molecule has 0 amide bonds. The predicted octanol–water partition coefficient (Wildman–Crippen LogP) is 5.89. The molecular weight excluding hydrogens is 580 g/mol. The molecule has 5 rings (SSSR count). The van der Waals surface area contributed by atoms with Crippen molar-refractivity contribution < 1.29 is 19.6 Å². The molecule has 1 heterocycles. The van der Waals surface area contributed by atoms with Crippen molar-refractivity contribution >= 4 is 44.7 Å². The van der Waals surface area contributed by atoms with Crippen LogP contribution >= 0.6 is 15.9 Å². The number of para-hydroxylation sites is 1. The lowest BCUT2D eigenvalue weighted by Gasteiger charge is -2.12. The number of hydrogen-bond donors (Lipinski definition) is 1. The molecule has 0 aliphatic heterocycles. The normalized spacial score (nSPS) is 11.1. The SMILES string of the molecule is O=C(O)c1ccc(COc2c(C=Nn3c(-c4ccccc4)nc4ccccc4c3=O)cc(Br)cc2[N+](=O)[O-])cc1. The summed E-state index contributed by atoms with van der Waals surface area (Å²) in [6, 6.07) is 24.8. The number of carbonyl (C=O) groups is 1. The Balaban J connectivity index is 1.60. The van der Waals surface area contributed by atoms with E-state index in [1.807, 2.05) is 18.2 Å². The van der Waals surface area contributed by atoms with E-state index in [2.05, 4.69) is 26.0 Å². The first kappa shape index (κ1) is 26.4. The summed E-state index contributed by atoms with van der Waals surface area (Å²) in [7, 11) is 0. The van der Waals surface area contributed by atoms with Crippen LogP contribution in [0, 0.1) is 10.1 Å². The highest BCUT2D eigenvalue weighted by Crippen LogP contribution is 2.34. The minimum absolute atomic E-state index is 0.0673. The first-order chi connectivity index (χ1) is 19.3. The van der Waals surface area contributed by atoms with Crippen LogP contribution < -0.4 is 10.3 Å². The van der Waals surface area contributed by atoms with E-state index in [1.54, 1.807) is 54.6 Å². The number of aromatic carboxylic acids is 1. The van der Waals surface area contributed by atoms with Crippen LogP contribution in [-0.4, -0.2) is 31.9 Å². The Morgan fingerprint density at radius 1 is 1.05 bits per heavy atom. The maximum Gasteiger partial charge on any atom is 0.335 e. The van der Waals surface area contributed by atoms with E-state index in [-0.39, 0.29) is 29.2 Å². The highest BCUT2D eigenvalue weighted by Gasteiger charge is 2.21. The largest absolute Gasteiger partial charge is 0.481 e. The lowest BCUT2D eigenvalue weighted by molar-refractivity contribution is -0.386. The minimum atomic E-state index is -1.07. The highest BCUT2D eigenvalue weighted by molar-refractivity contribution is 9.10. The van der Waals surface area contributed by atoms with Crippen LogP contribution in [0.2, 0.25) is 0 Å². The van der Waals surface area contributed by atoms with Crippen LogP contribution in [0.4, 0.5) is 5.69 Å². The number of halogens is 1. The van der Waals surface area contributed by atoms with Crippen molar-refractivity contribution in [2.24, 2.45) is 5.10 Å². The predicted molar refractivity (Wildman–Crippen MR) is 153 cm³/mol. The van der Waals surface area contributed by atoms with Crippen molar-refractivity contribution in [1.29, 1.82) is 0 Å². The van der Waals surface area contributed by atoms with Gasteiger partial charge in [-0.3, -0.25) is 14.9 Å². The third kappa shape index (κ3) is 5.49. The van der Waals surface area contributed by atoms with Crippen LogP contribution in [0.5, 0.6) is 5.75 Å². The summed E-state index contributed by atoms with van der Waals surface area (Å²) in [5.41, 5.74) is 1.39. The molecule has 0 bridgehead atoms. The molecule has 0 saturated carbocycles. The number of nitrogens with zero attached hydrogens (tertiary/aromatic N) is 4. The Hall–Kier alpha value is -5.16. The van der Waals surface area contributed by atoms with Crippen molar-refractivity contribution in [1.82, 2.24) is 9.66 Å². The Morgan fingerprint density at radius 3 is 2.45 bits per heavy atom. The first-order valence-corrected chi connectivity index (χ1v) is 12.7. The number of hydrogen-bond acceptors (Lipinski definition) is 7. The van der Waals surface area contributed by atoms with E-state index in [0.29, 0.717) is 32.3 Å². The molecule has 1 N–H and O–H groups in total. The number of carboxylic acids is 1. The molecule has 1 aromatic heterocycles. The van der Waals surface area contributed by atoms with Crippen molar-refractivity contribution in [2.75, 3.05) is 0 Å². The summed E-state index contributed by atoms with van der Waals surface area (Å²) >= 11 is 3.30. The lowest BCUT2D eigenvalue weighted by Crippen LogP contribution is -2.20. The number of benzene rings is 4. The van der Waals surface area contributed by atoms with Crippen LogP contribution in [-0.2, 0) is 6.61 Å². The smallest absolute Gasteiger partial charge is 0.335 e. The molecule has 11 heteroatoms. The number of nitro benzene ring substituents is 1. The number of carboxylic acid groups (broad SMARTS) is 1. The molecule has 0 atom stereocenters. The molecule has 0 aliphatic carbocycles. The molecule has 40 heavy (non-hydrogen) atoms. The second-order valence-electron chi connectivity index (χ2n) is 8.57. The summed E-state index contributed by atoms with van der Waals surface area (Å²) in [6.07, 6.45) is 1.31. The Morgan fingerprint density at radius 2 is 1.75 bits per heavy atom. The number of nitro groups is 1. The Labute approximate surface area is 235 Å². The van der Waals surface area contributed by atoms with Gasteiger partial charge in [0.25, 0.3) is 5.56 Å². The number of aromatic nitrogens is 2. The topological polar surface area (TPSA) is 137 Å². The second kappa shape index (κ2) is 11.3. The van der Waals surface area contributed by atoms with Crippen molar-refractivity contribution in [2.45, 2.75) is 6.61 Å². The van der Waals surface area contributed by atoms with Gasteiger partial charge in [-0.2, -0.15) is 9.78 Å². The van der Waals surface area contributed by atoms with Crippen LogP contribution in [0.25, 0.3) is 22.3 Å². The summed E-state index contributed by atoms with van der Waals surface area (Å²) < 4.78 is 7.43. The maximum absolute atomic E-state index is 13.5. The molecule has 0 unspecified atom stereocenters. The fourth-order valence-corrected chi connectivity index (χ4v) is 4.48. The van der Waals surface area contributed by atoms with Gasteiger partial charge in [0.05, 0.1) is 27.6 Å². The van der Waals surface area contributed by atoms with Crippen molar-refractivity contribution in [3.8, 4) is 17.1 Å². The molecule has 4 aromatic carbocycles. The highest BCUT2D eigenvalue weighted by atomic mass is 79.9. The first-order valence-electron chi connectivity index (χ1n) is 11.9. The van der Waals surface area contributed by atoms with Gasteiger partial charge in [-0.25, -0.2) is 9.78 Å². The van der Waals surface area contributed by atoms with E-state index >= 15 is 0 Å². The molecule has 0 aliphatic rings. The number of rotatable bonds is 8. The Bertz CT molecular complexity index is 1840. The third-order valence-corrected chi connectivity index (χ3v) is 6.40. The van der Waals surface area contributed by atoms with Gasteiger partial charge in [-0.1, -0.05) is 70.5 Å². The van der Waals surface area contributed by atoms with Crippen LogP contribution in [0.3, 0.4) is 0 Å². The van der Waals surface area contributed by atoms with Crippen molar-refractivity contribution in [3.05, 3.63) is 133 Å². The molecule has 0 saturated heterocycles. The maximum atomic E-state index is 13.5. The lowest BCUT2D eigenvalue weighted by atomic mass is 10.1. The van der Waals surface area contributed by atoms with Gasteiger partial charge in [0, 0.05) is 21.7 Å². The zero-order valence-electron chi connectivity index (χ0n) is 20.6. The van der Waals surface area contributed by atoms with Gasteiger partial charge < -0.3 is 9.84 Å². The fraction of sp³-hybridized carbons (Fsp3) is 0.0345. The van der Waals surface area contributed by atoms with Gasteiger partial charge >= 0.3 is 11.7 Å². The van der Waals surface area contributed by atoms with Crippen molar-refractivity contribution in [3.63, 3.8) is 0 Å². The molecule has 0 fully saturated rings. The molecule has 5 aromatic rings. The summed E-state index contributed by atoms with van der Waals surface area (Å²) in [5, 5.41) is 25.8. The number of ether oxygens (including phenoxy) is 1. The minimum Gasteiger partial charge on any atom is -0.481 e. The summed E-state index contributed by atoms with van der Waals surface area (Å²) in [4.78, 5) is 40.6. The second-order valence-corrected chi connectivity index (χ2v) is 9.49. The van der Waals surface area contributed by atoms with E-state index in [4.69, 9.17) is 9.84 Å². The van der Waals surface area contributed by atoms with E-state index < -0.39 is 16.5 Å². The van der Waals surface area contributed by atoms with E-state index in [1.165, 1.54) is 24.4 Å². The van der Waals surface area contributed by atoms with Gasteiger partial charge in [-0.15, -0.1) is 0 Å². The molecule has 10 nitrogen and oxygen atoms in total. The monoisotopic (exact) mass is 598 g/mol. The molecular formula is C29H19BrN4O6. The summed E-state index contributed by atoms with van der Waals surface area (Å²) in [5.74, 6) is -0.837. The van der Waals surface area contributed by atoms with Gasteiger partial charge in [0.2, 0.25) is 5.75 Å². The third-order valence-electron chi connectivity index (χ3n) is 5.94. The number of fused-ring (bicyclic) bond motifs is 1. The van der Waals surface area contributed by atoms with Gasteiger partial charge in [-0.05, 0) is 35.9 Å². The average molecular weight is 599 g/mol. The standard InChI is InChI=1S/C29H19BrN4O6/c30-22-14-21(26(25(15-22)34(38)39)40-17-18-10-12-20(13-11-18)29(36)37)16-31-33-27(19-6-2-1-3-7-19)32-24-9-5-4-8-23(24)28(33)35/h1-16H,17H2,(H,36,37). The quantitative estimate of drug-likeness (QED) is 0.133. The molecule has 0 spiro atoms. The zero-order valence-corrected chi connectivity index (χ0v) is 22.2. The zero-order chi connectivity index (χ0) is 28.2. The molecule has 198 valence electrons. The van der Waals surface area contributed by atoms with E-state index in [0.717, 1.165) is 4.68 Å². The average Bonchev–Trinajstić information content (AvgIpc) is 2.96. The summed E-state index contributed by atoms with van der Waals surface area (Å²) in [6.45, 7) is -0.0735. The molecule has 0 radical (unpaired) electrons. The van der Waals surface area contributed by atoms with Crippen LogP contribution in [0.15, 0.2) is 105 Å². The van der Waals surface area contributed by atoms with E-state index in [9.17, 15) is 19.7 Å².